The van der Waals surface area contributed by atoms with Crippen LogP contribution >= 0.6 is 0 Å². The van der Waals surface area contributed by atoms with E-state index in [0.29, 0.717) is 24.4 Å². The van der Waals surface area contributed by atoms with E-state index in [1.54, 1.807) is 30.5 Å². The lowest BCUT2D eigenvalue weighted by atomic mass is 9.94. The van der Waals surface area contributed by atoms with E-state index < -0.39 is 10.0 Å². The lowest BCUT2D eigenvalue weighted by Gasteiger charge is -2.32. The van der Waals surface area contributed by atoms with Crippen LogP contribution in [-0.4, -0.2) is 42.5 Å². The van der Waals surface area contributed by atoms with E-state index in [9.17, 15) is 13.2 Å². The Labute approximate surface area is 169 Å². The molecule has 2 N–H and O–H groups in total. The number of hydrogen-bond acceptors (Lipinski definition) is 5. The van der Waals surface area contributed by atoms with Crippen molar-refractivity contribution in [3.05, 3.63) is 71.9 Å². The van der Waals surface area contributed by atoms with Gasteiger partial charge in [-0.05, 0) is 55.3 Å². The Balaban J connectivity index is 1.42. The van der Waals surface area contributed by atoms with Gasteiger partial charge in [-0.2, -0.15) is 5.10 Å². The Morgan fingerprint density at radius 1 is 1.24 bits per heavy atom. The summed E-state index contributed by atoms with van der Waals surface area (Å²) in [5.41, 5.74) is 1.51. The average Bonchev–Trinajstić information content (AvgIpc) is 3.46. The zero-order valence-corrected chi connectivity index (χ0v) is 16.6. The number of H-pyrrole nitrogens is 1. The number of furan rings is 1. The van der Waals surface area contributed by atoms with E-state index in [2.05, 4.69) is 14.9 Å². The van der Waals surface area contributed by atoms with Crippen molar-refractivity contribution >= 4 is 15.9 Å². The molecule has 0 saturated carbocycles. The zero-order valence-electron chi connectivity index (χ0n) is 15.7. The first-order valence-corrected chi connectivity index (χ1v) is 10.9. The molecule has 0 bridgehead atoms. The fourth-order valence-corrected chi connectivity index (χ4v) is 4.52. The van der Waals surface area contributed by atoms with Crippen LogP contribution in [0.15, 0.2) is 64.2 Å². The number of rotatable bonds is 6. The monoisotopic (exact) mass is 414 g/mol. The third kappa shape index (κ3) is 4.41. The van der Waals surface area contributed by atoms with Crippen molar-refractivity contribution in [1.82, 2.24) is 19.8 Å². The number of piperidine rings is 1. The van der Waals surface area contributed by atoms with Crippen LogP contribution < -0.4 is 4.72 Å². The number of amides is 1. The first kappa shape index (κ1) is 19.4. The number of sulfonamides is 1. The molecule has 0 spiro atoms. The Bertz CT molecular complexity index is 1040. The molecule has 29 heavy (non-hydrogen) atoms. The number of nitrogens with zero attached hydrogens (tertiary/aromatic N) is 2. The summed E-state index contributed by atoms with van der Waals surface area (Å²) in [5.74, 6) is 0.666. The van der Waals surface area contributed by atoms with Crippen molar-refractivity contribution in [2.75, 3.05) is 13.1 Å². The smallest absolute Gasteiger partial charge is 0.253 e. The van der Waals surface area contributed by atoms with Gasteiger partial charge in [0, 0.05) is 36.5 Å². The number of carbonyl (C=O) groups excluding carboxylic acids is 1. The molecule has 1 aliphatic heterocycles. The number of aromatic amines is 1. The molecule has 4 rings (SSSR count). The van der Waals surface area contributed by atoms with Gasteiger partial charge in [-0.3, -0.25) is 9.89 Å². The minimum Gasteiger partial charge on any atom is -0.468 e. The summed E-state index contributed by atoms with van der Waals surface area (Å²) in [5, 5.41) is 6.98. The highest BCUT2D eigenvalue weighted by atomic mass is 32.2. The molecular formula is C20H22N4O4S. The maximum atomic E-state index is 12.9. The second kappa shape index (κ2) is 8.22. The number of likely N-dealkylation sites (tertiary alicyclic amines) is 1. The SMILES string of the molecule is O=C(c1ccc(S(=O)(=O)NCc2ccco2)cc1)N1CCC[C@H](c2ccn[nH]2)C1. The van der Waals surface area contributed by atoms with Crippen molar-refractivity contribution in [3.63, 3.8) is 0 Å². The fourth-order valence-electron chi connectivity index (χ4n) is 3.53. The van der Waals surface area contributed by atoms with Crippen molar-refractivity contribution < 1.29 is 17.6 Å². The molecule has 0 unspecified atom stereocenters. The molecule has 9 heteroatoms. The molecule has 1 saturated heterocycles. The van der Waals surface area contributed by atoms with E-state index >= 15 is 0 Å². The molecule has 1 amide bonds. The first-order chi connectivity index (χ1) is 14.0. The predicted molar refractivity (Wildman–Crippen MR) is 106 cm³/mol. The van der Waals surface area contributed by atoms with E-state index in [1.165, 1.54) is 18.4 Å². The molecule has 3 aromatic rings. The van der Waals surface area contributed by atoms with Crippen LogP contribution in [0.1, 0.15) is 40.6 Å². The minimum absolute atomic E-state index is 0.0682. The number of nitrogens with one attached hydrogen (secondary N) is 2. The normalized spacial score (nSPS) is 17.4. The molecule has 8 nitrogen and oxygen atoms in total. The van der Waals surface area contributed by atoms with Crippen LogP contribution in [0.3, 0.4) is 0 Å². The van der Waals surface area contributed by atoms with Gasteiger partial charge in [0.1, 0.15) is 5.76 Å². The zero-order chi connectivity index (χ0) is 20.3. The second-order valence-electron chi connectivity index (χ2n) is 7.03. The Hall–Kier alpha value is -2.91. The van der Waals surface area contributed by atoms with Crippen molar-refractivity contribution in [3.8, 4) is 0 Å². The van der Waals surface area contributed by atoms with E-state index in [-0.39, 0.29) is 23.3 Å². The summed E-state index contributed by atoms with van der Waals surface area (Å²) in [6.45, 7) is 1.37. The van der Waals surface area contributed by atoms with Gasteiger partial charge in [-0.15, -0.1) is 0 Å². The molecule has 1 aliphatic rings. The number of benzene rings is 1. The highest BCUT2D eigenvalue weighted by Gasteiger charge is 2.26. The van der Waals surface area contributed by atoms with Crippen LogP contribution in [0.4, 0.5) is 0 Å². The molecule has 1 aromatic carbocycles. The molecule has 0 radical (unpaired) electrons. The highest BCUT2D eigenvalue weighted by molar-refractivity contribution is 7.89. The van der Waals surface area contributed by atoms with Gasteiger partial charge < -0.3 is 9.32 Å². The maximum absolute atomic E-state index is 12.9. The molecule has 1 fully saturated rings. The van der Waals surface area contributed by atoms with Gasteiger partial charge in [0.15, 0.2) is 0 Å². The van der Waals surface area contributed by atoms with E-state index in [1.807, 2.05) is 11.0 Å². The van der Waals surface area contributed by atoms with E-state index in [4.69, 9.17) is 4.42 Å². The summed E-state index contributed by atoms with van der Waals surface area (Å²) in [6, 6.07) is 11.4. The largest absolute Gasteiger partial charge is 0.468 e. The summed E-state index contributed by atoms with van der Waals surface area (Å²) in [7, 11) is -3.69. The van der Waals surface area contributed by atoms with Crippen molar-refractivity contribution in [1.29, 1.82) is 0 Å². The lowest BCUT2D eigenvalue weighted by molar-refractivity contribution is 0.0705. The minimum atomic E-state index is -3.69. The van der Waals surface area contributed by atoms with Gasteiger partial charge in [0.2, 0.25) is 10.0 Å². The predicted octanol–water partition coefficient (Wildman–Crippen LogP) is 2.50. The summed E-state index contributed by atoms with van der Waals surface area (Å²) < 4.78 is 32.5. The van der Waals surface area contributed by atoms with E-state index in [0.717, 1.165) is 18.5 Å². The molecule has 2 aromatic heterocycles. The van der Waals surface area contributed by atoms with Crippen LogP contribution in [0.2, 0.25) is 0 Å². The van der Waals surface area contributed by atoms with Crippen LogP contribution in [-0.2, 0) is 16.6 Å². The highest BCUT2D eigenvalue weighted by Crippen LogP contribution is 2.26. The second-order valence-corrected chi connectivity index (χ2v) is 8.80. The first-order valence-electron chi connectivity index (χ1n) is 9.43. The average molecular weight is 414 g/mol. The van der Waals surface area contributed by atoms with Crippen molar-refractivity contribution in [2.24, 2.45) is 0 Å². The molecule has 3 heterocycles. The molecular weight excluding hydrogens is 392 g/mol. The third-order valence-corrected chi connectivity index (χ3v) is 6.52. The topological polar surface area (TPSA) is 108 Å². The van der Waals surface area contributed by atoms with Gasteiger partial charge in [-0.25, -0.2) is 13.1 Å². The third-order valence-electron chi connectivity index (χ3n) is 5.10. The Kier molecular flexibility index (Phi) is 5.50. The molecule has 152 valence electrons. The van der Waals surface area contributed by atoms with Gasteiger partial charge >= 0.3 is 0 Å². The summed E-state index contributed by atoms with van der Waals surface area (Å²) in [4.78, 5) is 14.8. The van der Waals surface area contributed by atoms with Gasteiger partial charge in [0.25, 0.3) is 5.91 Å². The lowest BCUT2D eigenvalue weighted by Crippen LogP contribution is -2.39. The van der Waals surface area contributed by atoms with Gasteiger partial charge in [0.05, 0.1) is 17.7 Å². The summed E-state index contributed by atoms with van der Waals surface area (Å²) in [6.07, 6.45) is 5.12. The van der Waals surface area contributed by atoms with Crippen LogP contribution in [0.25, 0.3) is 0 Å². The Morgan fingerprint density at radius 2 is 2.07 bits per heavy atom. The number of carbonyl (C=O) groups is 1. The fraction of sp³-hybridized carbons (Fsp3) is 0.300. The Morgan fingerprint density at radius 3 is 2.76 bits per heavy atom. The number of hydrogen-bond donors (Lipinski definition) is 2. The van der Waals surface area contributed by atoms with Crippen LogP contribution in [0, 0.1) is 0 Å². The maximum Gasteiger partial charge on any atom is 0.253 e. The number of aromatic nitrogens is 2. The van der Waals surface area contributed by atoms with Crippen molar-refractivity contribution in [2.45, 2.75) is 30.2 Å². The van der Waals surface area contributed by atoms with Crippen LogP contribution in [0.5, 0.6) is 0 Å². The summed E-state index contributed by atoms with van der Waals surface area (Å²) >= 11 is 0. The molecule has 0 aliphatic carbocycles. The quantitative estimate of drug-likeness (QED) is 0.644. The standard InChI is InChI=1S/C20H22N4O4S/c25-20(24-11-1-3-16(14-24)19-9-10-21-23-19)15-5-7-18(8-6-15)29(26,27)22-13-17-4-2-12-28-17/h2,4-10,12,16,22H,1,3,11,13-14H2,(H,21,23)/t16-/m0/s1. The molecule has 1 atom stereocenters. The van der Waals surface area contributed by atoms with Gasteiger partial charge in [-0.1, -0.05) is 0 Å².